The van der Waals surface area contributed by atoms with Crippen LogP contribution in [-0.2, 0) is 76.0 Å². The SMILES string of the molecule is [Ag].[AlH3].[Cu].[Fe].[Zn]. The normalized spacial score (nSPS) is 0. The Hall–Kier alpha value is 2.94. The summed E-state index contributed by atoms with van der Waals surface area (Å²) in [6, 6.07) is 0. The molecule has 0 aromatic carbocycles. The molecule has 0 aliphatic heterocycles. The number of hydrogen-bond acceptors (Lipinski definition) is 0. The average molecular weight is 323 g/mol. The van der Waals surface area contributed by atoms with Crippen LogP contribution in [0, 0.1) is 0 Å². The Bertz CT molecular complexity index is 11.6. The molecule has 0 heterocycles. The van der Waals surface area contributed by atoms with E-state index in [4.69, 9.17) is 0 Å². The molecule has 0 aliphatic carbocycles. The Labute approximate surface area is 91.9 Å². The van der Waals surface area contributed by atoms with Crippen molar-refractivity contribution in [3.63, 3.8) is 0 Å². The van der Waals surface area contributed by atoms with Gasteiger partial charge < -0.3 is 0 Å². The second kappa shape index (κ2) is 28.4. The fourth-order valence-electron chi connectivity index (χ4n) is 0. The van der Waals surface area contributed by atoms with Crippen molar-refractivity contribution >= 4 is 17.4 Å². The van der Waals surface area contributed by atoms with Crippen molar-refractivity contribution < 1.29 is 76.0 Å². The zero-order valence-electron chi connectivity index (χ0n) is 1.66. The molecule has 2 radical (unpaired) electrons. The van der Waals surface area contributed by atoms with Crippen molar-refractivity contribution in [1.82, 2.24) is 0 Å². The summed E-state index contributed by atoms with van der Waals surface area (Å²) in [4.78, 5) is 0. The smallest absolute Gasteiger partial charge is 0 e. The van der Waals surface area contributed by atoms with E-state index in [0.29, 0.717) is 0 Å². The Balaban J connectivity index is 0. The minimum Gasteiger partial charge on any atom is 0 e. The van der Waals surface area contributed by atoms with Crippen molar-refractivity contribution in [3.8, 4) is 0 Å². The van der Waals surface area contributed by atoms with Gasteiger partial charge in [0.05, 0.1) is 0 Å². The molecule has 0 unspecified atom stereocenters. The summed E-state index contributed by atoms with van der Waals surface area (Å²) < 4.78 is 0. The van der Waals surface area contributed by atoms with Gasteiger partial charge in [-0.15, -0.1) is 0 Å². The van der Waals surface area contributed by atoms with Crippen LogP contribution in [0.15, 0.2) is 0 Å². The van der Waals surface area contributed by atoms with Gasteiger partial charge in [0.25, 0.3) is 0 Å². The molecule has 5 heteroatoms. The zero-order chi connectivity index (χ0) is 0. The van der Waals surface area contributed by atoms with Gasteiger partial charge in [0.1, 0.15) is 0 Å². The minimum atomic E-state index is 0. The third-order valence-electron chi connectivity index (χ3n) is 0. The van der Waals surface area contributed by atoms with E-state index in [1.807, 2.05) is 0 Å². The van der Waals surface area contributed by atoms with E-state index in [9.17, 15) is 0 Å². The van der Waals surface area contributed by atoms with Gasteiger partial charge in [-0.25, -0.2) is 0 Å². The molecule has 0 saturated heterocycles. The third kappa shape index (κ3) is 19.6. The molecule has 0 rings (SSSR count). The maximum Gasteiger partial charge on any atom is 0.187 e. The number of rotatable bonds is 0. The topological polar surface area (TPSA) is 0 Å². The largest absolute Gasteiger partial charge is 0.187 e. The first-order valence-corrected chi connectivity index (χ1v) is 0. The molecule has 0 amide bonds. The standard InChI is InChI=1S/Ag.Al.Cu.Fe.Zn.3H. The van der Waals surface area contributed by atoms with E-state index in [1.165, 1.54) is 0 Å². The van der Waals surface area contributed by atoms with Crippen LogP contribution >= 0.6 is 0 Å². The molecule has 0 fully saturated rings. The third-order valence-corrected chi connectivity index (χ3v) is 0. The summed E-state index contributed by atoms with van der Waals surface area (Å²) in [6.45, 7) is 0. The predicted octanol–water partition coefficient (Wildman–Crippen LogP) is -1.19. The number of hydrogen-bond donors (Lipinski definition) is 0. The maximum atomic E-state index is 0. The monoisotopic (exact) mass is 320 g/mol. The van der Waals surface area contributed by atoms with Crippen molar-refractivity contribution in [2.75, 3.05) is 0 Å². The second-order valence-corrected chi connectivity index (χ2v) is 0. The molecule has 0 N–H and O–H groups in total. The van der Waals surface area contributed by atoms with Crippen LogP contribution in [0.3, 0.4) is 0 Å². The molecule has 0 atom stereocenters. The summed E-state index contributed by atoms with van der Waals surface area (Å²) in [5.74, 6) is 0. The van der Waals surface area contributed by atoms with Gasteiger partial charge in [0, 0.05) is 76.0 Å². The van der Waals surface area contributed by atoms with E-state index in [2.05, 4.69) is 0 Å². The summed E-state index contributed by atoms with van der Waals surface area (Å²) >= 11 is 0. The molecule has 0 aromatic rings. The van der Waals surface area contributed by atoms with Gasteiger partial charge in [-0.1, -0.05) is 0 Å². The fourth-order valence-corrected chi connectivity index (χ4v) is 0. The fraction of sp³-hybridized carbons (Fsp3) is 0. The van der Waals surface area contributed by atoms with Gasteiger partial charge in [0.2, 0.25) is 0 Å². The molecule has 5 heavy (non-hydrogen) atoms. The molecule has 0 bridgehead atoms. The maximum absolute atomic E-state index is 0. The van der Waals surface area contributed by atoms with Crippen molar-refractivity contribution in [2.45, 2.75) is 0 Å². The van der Waals surface area contributed by atoms with E-state index >= 15 is 0 Å². The van der Waals surface area contributed by atoms with Crippen LogP contribution in [0.1, 0.15) is 0 Å². The van der Waals surface area contributed by atoms with Crippen molar-refractivity contribution in [2.24, 2.45) is 0 Å². The average Bonchev–Trinajstić information content (AvgIpc) is 0. The Morgan fingerprint density at radius 2 is 1.00 bits per heavy atom. The van der Waals surface area contributed by atoms with Crippen molar-refractivity contribution in [3.05, 3.63) is 0 Å². The molecule has 0 nitrogen and oxygen atoms in total. The van der Waals surface area contributed by atoms with Crippen LogP contribution < -0.4 is 0 Å². The van der Waals surface area contributed by atoms with E-state index in [1.54, 1.807) is 0 Å². The van der Waals surface area contributed by atoms with Gasteiger partial charge in [-0.05, 0) is 0 Å². The molecular formula is H3AgAlCuFeZn. The van der Waals surface area contributed by atoms with Crippen LogP contribution in [0.25, 0.3) is 0 Å². The summed E-state index contributed by atoms with van der Waals surface area (Å²) in [5.41, 5.74) is 0. The summed E-state index contributed by atoms with van der Waals surface area (Å²) in [5, 5.41) is 0. The summed E-state index contributed by atoms with van der Waals surface area (Å²) in [6.07, 6.45) is 0. The first kappa shape index (κ1) is 44.3. The Kier molecular flexibility index (Phi) is 251. The van der Waals surface area contributed by atoms with Crippen molar-refractivity contribution in [1.29, 1.82) is 0 Å². The second-order valence-electron chi connectivity index (χ2n) is 0. The molecule has 0 spiro atoms. The Morgan fingerprint density at radius 1 is 1.00 bits per heavy atom. The minimum absolute atomic E-state index is 0. The van der Waals surface area contributed by atoms with Crippen LogP contribution in [-0.4, -0.2) is 17.4 Å². The van der Waals surface area contributed by atoms with Crippen LogP contribution in [0.5, 0.6) is 0 Å². The van der Waals surface area contributed by atoms with E-state index < -0.39 is 0 Å². The predicted molar refractivity (Wildman–Crippen MR) is 9.94 cm³/mol. The van der Waals surface area contributed by atoms with Gasteiger partial charge in [-0.3, -0.25) is 0 Å². The summed E-state index contributed by atoms with van der Waals surface area (Å²) in [7, 11) is 0. The van der Waals surface area contributed by atoms with E-state index in [-0.39, 0.29) is 93.4 Å². The Morgan fingerprint density at radius 3 is 1.00 bits per heavy atom. The first-order valence-electron chi connectivity index (χ1n) is 0. The molecule has 0 saturated carbocycles. The van der Waals surface area contributed by atoms with Gasteiger partial charge in [-0.2, -0.15) is 0 Å². The molecule has 38 valence electrons. The van der Waals surface area contributed by atoms with Crippen LogP contribution in [0.4, 0.5) is 0 Å². The quantitative estimate of drug-likeness (QED) is 0.492. The molecular weight excluding hydrogens is 320 g/mol. The van der Waals surface area contributed by atoms with Crippen LogP contribution in [0.2, 0.25) is 0 Å². The van der Waals surface area contributed by atoms with Gasteiger partial charge >= 0.3 is 0 Å². The molecule has 0 aliphatic rings. The first-order chi connectivity index (χ1) is 0. The molecule has 0 aromatic heterocycles. The van der Waals surface area contributed by atoms with Gasteiger partial charge in [0.15, 0.2) is 17.4 Å². The zero-order valence-corrected chi connectivity index (χ0v) is 8.16. The van der Waals surface area contributed by atoms with E-state index in [0.717, 1.165) is 0 Å².